The number of nitrogens with zero attached hydrogens (tertiary/aromatic N) is 1. The molecule has 1 aromatic heterocycles. The Bertz CT molecular complexity index is 330. The van der Waals surface area contributed by atoms with Gasteiger partial charge in [-0.1, -0.05) is 0 Å². The van der Waals surface area contributed by atoms with Crippen molar-refractivity contribution in [2.45, 2.75) is 6.92 Å². The molecule has 5 heteroatoms. The molecule has 0 fully saturated rings. The minimum atomic E-state index is 0.520. The number of hydrogen-bond acceptors (Lipinski definition) is 3. The molecule has 0 aliphatic rings. The second-order valence-electron chi connectivity index (χ2n) is 2.41. The number of hydrogen-bond donors (Lipinski definition) is 0. The monoisotopic (exact) mass is 279 g/mol. The highest BCUT2D eigenvalue weighted by Crippen LogP contribution is 2.21. The van der Waals surface area contributed by atoms with Gasteiger partial charge >= 0.3 is 0 Å². The lowest BCUT2D eigenvalue weighted by Gasteiger charge is -2.07. The Morgan fingerprint density at radius 1 is 1.69 bits per heavy atom. The van der Waals surface area contributed by atoms with Crippen molar-refractivity contribution < 1.29 is 4.74 Å². The molecule has 1 heterocycles. The standard InChI is InChI=1S/C8H10BrNOS2/c1-5-3-7(9)10-4-6(5)11-8(12)13-2/h3-4H,13H2,1-2H3. The van der Waals surface area contributed by atoms with Crippen LogP contribution in [0.25, 0.3) is 0 Å². The number of pyridine rings is 1. The lowest BCUT2D eigenvalue weighted by Crippen LogP contribution is -2.01. The number of thiocarbonyl (C=S) groups is 1. The molecule has 2 nitrogen and oxygen atoms in total. The van der Waals surface area contributed by atoms with E-state index in [1.807, 2.05) is 19.2 Å². The normalized spacial score (nSPS) is 11.3. The molecule has 0 spiro atoms. The molecule has 0 radical (unpaired) electrons. The molecule has 72 valence electrons. The summed E-state index contributed by atoms with van der Waals surface area (Å²) in [6, 6.07) is 1.90. The maximum Gasteiger partial charge on any atom is 0.203 e. The highest BCUT2D eigenvalue weighted by Gasteiger charge is 2.02. The van der Waals surface area contributed by atoms with Crippen LogP contribution in [-0.2, 0) is 0 Å². The van der Waals surface area contributed by atoms with E-state index in [0.717, 1.165) is 15.9 Å². The average Bonchev–Trinajstić information content (AvgIpc) is 2.09. The summed E-state index contributed by atoms with van der Waals surface area (Å²) in [4.78, 5) is 4.06. The molecule has 0 N–H and O–H groups in total. The van der Waals surface area contributed by atoms with Gasteiger partial charge in [-0.15, -0.1) is 0 Å². The molecular formula is C8H10BrNOS2. The number of rotatable bonds is 1. The van der Waals surface area contributed by atoms with Crippen LogP contribution in [0.2, 0.25) is 0 Å². The molecule has 13 heavy (non-hydrogen) atoms. The number of aryl methyl sites for hydroxylation is 1. The third-order valence-corrected chi connectivity index (χ3v) is 3.08. The van der Waals surface area contributed by atoms with Crippen LogP contribution in [0, 0.1) is 6.92 Å². The van der Waals surface area contributed by atoms with E-state index in [2.05, 4.69) is 20.9 Å². The van der Waals surface area contributed by atoms with E-state index in [4.69, 9.17) is 17.0 Å². The smallest absolute Gasteiger partial charge is 0.203 e. The third-order valence-electron chi connectivity index (χ3n) is 1.44. The van der Waals surface area contributed by atoms with E-state index >= 15 is 0 Å². The quantitative estimate of drug-likeness (QED) is 0.583. The zero-order valence-electron chi connectivity index (χ0n) is 7.30. The minimum Gasteiger partial charge on any atom is -0.440 e. The Labute approximate surface area is 95.2 Å². The molecule has 0 unspecified atom stereocenters. The molecule has 0 bridgehead atoms. The fourth-order valence-corrected chi connectivity index (χ4v) is 1.51. The van der Waals surface area contributed by atoms with E-state index < -0.39 is 0 Å². The predicted molar refractivity (Wildman–Crippen MR) is 66.2 cm³/mol. The highest BCUT2D eigenvalue weighted by molar-refractivity contribution is 9.10. The average molecular weight is 280 g/mol. The van der Waals surface area contributed by atoms with Crippen molar-refractivity contribution in [3.05, 3.63) is 22.4 Å². The molecule has 0 saturated heterocycles. The van der Waals surface area contributed by atoms with Gasteiger partial charge in [-0.05, 0) is 53.0 Å². The van der Waals surface area contributed by atoms with Crippen molar-refractivity contribution in [1.29, 1.82) is 0 Å². The van der Waals surface area contributed by atoms with Crippen LogP contribution in [0.1, 0.15) is 5.56 Å². The van der Waals surface area contributed by atoms with Gasteiger partial charge in [-0.2, -0.15) is 11.8 Å². The first-order valence-corrected chi connectivity index (χ1v) is 6.35. The summed E-state index contributed by atoms with van der Waals surface area (Å²) in [5.74, 6) is 0.738. The summed E-state index contributed by atoms with van der Waals surface area (Å²) in [6.07, 6.45) is 3.66. The molecule has 1 aromatic rings. The maximum atomic E-state index is 5.41. The first kappa shape index (κ1) is 10.9. The molecule has 0 aliphatic heterocycles. The molecule has 0 aromatic carbocycles. The van der Waals surface area contributed by atoms with Crippen molar-refractivity contribution in [3.63, 3.8) is 0 Å². The Hall–Kier alpha value is -0.130. The van der Waals surface area contributed by atoms with Crippen molar-refractivity contribution >= 4 is 44.3 Å². The Kier molecular flexibility index (Phi) is 4.15. The van der Waals surface area contributed by atoms with Crippen molar-refractivity contribution in [3.8, 4) is 5.75 Å². The largest absolute Gasteiger partial charge is 0.440 e. The third kappa shape index (κ3) is 3.25. The highest BCUT2D eigenvalue weighted by atomic mass is 79.9. The van der Waals surface area contributed by atoms with E-state index in [-0.39, 0.29) is 0 Å². The summed E-state index contributed by atoms with van der Waals surface area (Å²) in [5.41, 5.74) is 1.03. The first-order valence-electron chi connectivity index (χ1n) is 3.65. The van der Waals surface area contributed by atoms with Crippen LogP contribution in [0.3, 0.4) is 0 Å². The summed E-state index contributed by atoms with van der Waals surface area (Å²) < 4.78 is 6.84. The summed E-state index contributed by atoms with van der Waals surface area (Å²) in [6.45, 7) is 1.96. The van der Waals surface area contributed by atoms with Gasteiger partial charge in [0.2, 0.25) is 4.38 Å². The van der Waals surface area contributed by atoms with Gasteiger partial charge in [0.1, 0.15) is 10.4 Å². The van der Waals surface area contributed by atoms with Gasteiger partial charge in [0.25, 0.3) is 0 Å². The summed E-state index contributed by atoms with van der Waals surface area (Å²) in [7, 11) is 0. The number of ether oxygens (including phenoxy) is 1. The van der Waals surface area contributed by atoms with E-state index in [0.29, 0.717) is 16.1 Å². The lowest BCUT2D eigenvalue weighted by molar-refractivity contribution is 0.570. The zero-order valence-corrected chi connectivity index (χ0v) is 10.7. The van der Waals surface area contributed by atoms with Crippen molar-refractivity contribution in [2.24, 2.45) is 0 Å². The van der Waals surface area contributed by atoms with Gasteiger partial charge in [-0.25, -0.2) is 4.98 Å². The molecule has 1 rings (SSSR count). The van der Waals surface area contributed by atoms with Gasteiger partial charge in [-0.3, -0.25) is 0 Å². The fraction of sp³-hybridized carbons (Fsp3) is 0.250. The van der Waals surface area contributed by atoms with E-state index in [1.54, 1.807) is 6.20 Å². The Balaban J connectivity index is 2.83. The molecule has 0 amide bonds. The van der Waals surface area contributed by atoms with Crippen molar-refractivity contribution in [1.82, 2.24) is 4.98 Å². The lowest BCUT2D eigenvalue weighted by atomic mass is 10.3. The van der Waals surface area contributed by atoms with Crippen molar-refractivity contribution in [2.75, 3.05) is 6.26 Å². The van der Waals surface area contributed by atoms with Gasteiger partial charge in [0.05, 0.1) is 6.20 Å². The number of aromatic nitrogens is 1. The molecule has 0 aliphatic carbocycles. The van der Waals surface area contributed by atoms with E-state index in [9.17, 15) is 0 Å². The van der Waals surface area contributed by atoms with Crippen LogP contribution in [0.15, 0.2) is 16.9 Å². The van der Waals surface area contributed by atoms with Crippen LogP contribution in [0.4, 0.5) is 0 Å². The SMILES string of the molecule is C[SH2]C(=S)Oc1cnc(Br)cc1C. The Morgan fingerprint density at radius 2 is 2.38 bits per heavy atom. The molecular weight excluding hydrogens is 270 g/mol. The second-order valence-corrected chi connectivity index (χ2v) is 4.91. The second kappa shape index (κ2) is 4.93. The van der Waals surface area contributed by atoms with Gasteiger partial charge in [0.15, 0.2) is 0 Å². The summed E-state index contributed by atoms with van der Waals surface area (Å²) in [5, 5.41) is 0. The van der Waals surface area contributed by atoms with Gasteiger partial charge < -0.3 is 4.74 Å². The minimum absolute atomic E-state index is 0.520. The topological polar surface area (TPSA) is 22.1 Å². The number of halogens is 1. The zero-order chi connectivity index (χ0) is 9.84. The predicted octanol–water partition coefficient (Wildman–Crippen LogP) is 2.64. The Morgan fingerprint density at radius 3 is 2.92 bits per heavy atom. The van der Waals surface area contributed by atoms with E-state index in [1.165, 1.54) is 0 Å². The van der Waals surface area contributed by atoms with Crippen LogP contribution >= 0.6 is 39.9 Å². The first-order chi connectivity index (χ1) is 6.13. The van der Waals surface area contributed by atoms with Crippen LogP contribution in [-0.4, -0.2) is 15.6 Å². The molecule has 0 atom stereocenters. The fourth-order valence-electron chi connectivity index (χ4n) is 0.767. The molecule has 0 saturated carbocycles. The van der Waals surface area contributed by atoms with Gasteiger partial charge in [0, 0.05) is 0 Å². The summed E-state index contributed by atoms with van der Waals surface area (Å²) >= 11 is 8.78. The maximum absolute atomic E-state index is 5.41. The van der Waals surface area contributed by atoms with Crippen LogP contribution in [0.5, 0.6) is 5.75 Å². The van der Waals surface area contributed by atoms with Crippen LogP contribution < -0.4 is 4.74 Å².